The molecule has 0 aromatic heterocycles. The second-order valence-electron chi connectivity index (χ2n) is 31.2. The number of nitrogens with one attached hydrogen (secondary N) is 3. The van der Waals surface area contributed by atoms with Crippen LogP contribution in [0.3, 0.4) is 0 Å². The van der Waals surface area contributed by atoms with Crippen molar-refractivity contribution in [2.45, 2.75) is 193 Å². The number of esters is 1. The van der Waals surface area contributed by atoms with Gasteiger partial charge in [0.2, 0.25) is 0 Å². The summed E-state index contributed by atoms with van der Waals surface area (Å²) in [5.74, 6) is 15.3. The van der Waals surface area contributed by atoms with Crippen molar-refractivity contribution in [2.75, 3.05) is 39.5 Å². The molecule has 18 atom stereocenters. The zero-order valence-electron chi connectivity index (χ0n) is 57.8. The number of dihydropyridines is 1. The Balaban J connectivity index is 1.01. The van der Waals surface area contributed by atoms with E-state index in [1.807, 2.05) is 33.7 Å². The van der Waals surface area contributed by atoms with Crippen LogP contribution in [-0.2, 0) is 57.3 Å². The van der Waals surface area contributed by atoms with E-state index in [0.29, 0.717) is 103 Å². The van der Waals surface area contributed by atoms with Crippen LogP contribution in [0, 0.1) is 59.2 Å². The lowest BCUT2D eigenvalue weighted by atomic mass is 9.54. The molecular weight excluding hydrogens is 1310 g/mol. The summed E-state index contributed by atoms with van der Waals surface area (Å²) in [6, 6.07) is 25.2. The van der Waals surface area contributed by atoms with Crippen molar-refractivity contribution < 1.29 is 54.0 Å². The third kappa shape index (κ3) is 11.9. The van der Waals surface area contributed by atoms with Gasteiger partial charge in [0.25, 0.3) is 0 Å². The largest absolute Gasteiger partial charge is 0.508 e. The molecule has 6 aliphatic heterocycles. The molecule has 5 aromatic rings. The summed E-state index contributed by atoms with van der Waals surface area (Å²) in [6.07, 6.45) is 19.6. The second kappa shape index (κ2) is 27.6. The van der Waals surface area contributed by atoms with Gasteiger partial charge in [-0.1, -0.05) is 138 Å². The number of phenolic OH excluding ortho intramolecular Hbond substituents is 2. The predicted molar refractivity (Wildman–Crippen MR) is 393 cm³/mol. The molecule has 6 aliphatic carbocycles. The first-order chi connectivity index (χ1) is 49.3. The summed E-state index contributed by atoms with van der Waals surface area (Å²) in [5.41, 5.74) is 18.9. The highest BCUT2D eigenvalue weighted by Crippen LogP contribution is 2.67. The van der Waals surface area contributed by atoms with Crippen molar-refractivity contribution in [2.24, 2.45) is 41.2 Å². The zero-order chi connectivity index (χ0) is 68.8. The van der Waals surface area contributed by atoms with Gasteiger partial charge in [0.05, 0.1) is 41.8 Å². The number of aliphatic hydroxyl groups is 3. The highest BCUT2D eigenvalue weighted by atomic mass is 33.1. The molecule has 5 aromatic carbocycles. The minimum Gasteiger partial charge on any atom is -0.508 e. The molecule has 18 unspecified atom stereocenters. The van der Waals surface area contributed by atoms with Crippen molar-refractivity contribution in [3.63, 3.8) is 0 Å². The van der Waals surface area contributed by atoms with Gasteiger partial charge in [-0.25, -0.2) is 0 Å². The molecule has 2 spiro atoms. The van der Waals surface area contributed by atoms with E-state index in [0.717, 1.165) is 102 Å². The van der Waals surface area contributed by atoms with Crippen molar-refractivity contribution in [3.05, 3.63) is 163 Å². The van der Waals surface area contributed by atoms with Gasteiger partial charge in [-0.05, 0) is 164 Å². The number of carbonyl (C=O) groups excluding carboxylic acids is 1. The van der Waals surface area contributed by atoms with E-state index < -0.39 is 59.9 Å². The number of carbonyl (C=O) groups is 1. The fourth-order valence-electron chi connectivity index (χ4n) is 21.3. The maximum absolute atomic E-state index is 14.3. The van der Waals surface area contributed by atoms with E-state index in [9.17, 15) is 30.3 Å². The molecule has 17 rings (SSSR count). The lowest BCUT2D eigenvalue weighted by Gasteiger charge is -2.51. The Morgan fingerprint density at radius 1 is 0.861 bits per heavy atom. The number of rotatable bonds is 9. The molecule has 0 amide bonds. The normalized spacial score (nSPS) is 33.7. The first kappa shape index (κ1) is 67.3. The summed E-state index contributed by atoms with van der Waals surface area (Å²) < 4.78 is 35.1. The molecule has 528 valence electrons. The Hall–Kier alpha value is -6.87. The third-order valence-corrected chi connectivity index (χ3v) is 28.6. The number of allylic oxidation sites excluding steroid dienone is 3. The summed E-state index contributed by atoms with van der Waals surface area (Å²) in [6.45, 7) is 1.10. The van der Waals surface area contributed by atoms with Crippen molar-refractivity contribution in [1.82, 2.24) is 16.0 Å². The molecule has 3 saturated carbocycles. The molecule has 101 heavy (non-hydrogen) atoms. The molecule has 12 aliphatic rings. The average Bonchev–Trinajstić information content (AvgIpc) is 1.59. The fourth-order valence-corrected chi connectivity index (χ4v) is 24.5. The summed E-state index contributed by atoms with van der Waals surface area (Å²) in [4.78, 5) is 13.7. The van der Waals surface area contributed by atoms with Gasteiger partial charge < -0.3 is 70.9 Å². The molecule has 6 heterocycles. The molecule has 15 nitrogen and oxygen atoms in total. The molecule has 10 N–H and O–H groups in total. The minimum absolute atomic E-state index is 0.0258. The van der Waals surface area contributed by atoms with Crippen LogP contribution in [-0.4, -0.2) is 113 Å². The molecular formula is C84H94N4O11S2. The van der Waals surface area contributed by atoms with Crippen LogP contribution in [0.1, 0.15) is 170 Å². The first-order valence-corrected chi connectivity index (χ1v) is 39.7. The van der Waals surface area contributed by atoms with E-state index in [4.69, 9.17) is 29.4 Å². The number of benzene rings is 5. The summed E-state index contributed by atoms with van der Waals surface area (Å²) in [7, 11) is 5.57. The number of aryl methyl sites for hydroxylation is 1. The van der Waals surface area contributed by atoms with Crippen molar-refractivity contribution >= 4 is 33.6 Å². The second-order valence-corrected chi connectivity index (χ2v) is 33.9. The average molecular weight is 1400 g/mol. The number of hydrogen-bond donors (Lipinski definition) is 9. The van der Waals surface area contributed by atoms with Crippen LogP contribution in [0.5, 0.6) is 28.7 Å². The maximum Gasteiger partial charge on any atom is 0.302 e. The van der Waals surface area contributed by atoms with E-state index in [2.05, 4.69) is 119 Å². The zero-order valence-corrected chi connectivity index (χ0v) is 59.5. The van der Waals surface area contributed by atoms with Gasteiger partial charge in [-0.2, -0.15) is 0 Å². The topological polar surface area (TPSA) is 226 Å². The molecule has 17 heteroatoms. The van der Waals surface area contributed by atoms with E-state index >= 15 is 0 Å². The Morgan fingerprint density at radius 3 is 2.59 bits per heavy atom. The van der Waals surface area contributed by atoms with Crippen LogP contribution in [0.25, 0.3) is 17.2 Å². The van der Waals surface area contributed by atoms with Crippen LogP contribution < -0.4 is 35.9 Å². The van der Waals surface area contributed by atoms with E-state index in [1.165, 1.54) is 30.0 Å². The molecule has 1 saturated heterocycles. The molecule has 0 radical (unpaired) electrons. The Bertz CT molecular complexity index is 4310. The number of aliphatic hydroxyl groups excluding tert-OH is 3. The van der Waals surface area contributed by atoms with Crippen molar-refractivity contribution in [1.29, 1.82) is 0 Å². The minimum atomic E-state index is -0.953. The van der Waals surface area contributed by atoms with Gasteiger partial charge in [0.1, 0.15) is 42.0 Å². The predicted octanol–water partition coefficient (Wildman–Crippen LogP) is 11.9. The number of aromatic hydroxyl groups is 2. The number of nitrogens with two attached hydrogens (primary N) is 1. The standard InChI is InChI=1S/C84H94N4O11S2/c1-46(91)96-43-65-58-22-23-60-73-54(36-57(92)37-69(73)97-45-90)39-83-31-29-52(38-83)76-59-25-28-72(85)88-67(59)26-20-50-17-18-51-34-53-35-55(84(76)30-7-6-16-71(84)93)21-19-49(53)13-9-15-66(63(41-89)64(51)42-95-2)86-40-62-74(50)75(79(65)98-80(58)77(60)83)61-24-27-68-82(99-81(61)78(62)94)70(33-47-10-4-3-5-11-47)101-100-44-48-12-8-14-56(32-48)87-68/h3-5,10-11,19,21-25,27-28,35-37,48,50-52,56,63-66,68,70-72,76,79,82,86-90,92-94H,6-9,12-16,29-34,38-45,85H2,1-2H3. The van der Waals surface area contributed by atoms with Gasteiger partial charge in [-0.15, -0.1) is 0 Å². The monoisotopic (exact) mass is 1400 g/mol. The van der Waals surface area contributed by atoms with E-state index in [-0.39, 0.29) is 84.2 Å². The van der Waals surface area contributed by atoms with Crippen LogP contribution in [0.15, 0.2) is 102 Å². The van der Waals surface area contributed by atoms with Crippen LogP contribution in [0.2, 0.25) is 0 Å². The molecule has 4 fully saturated rings. The smallest absolute Gasteiger partial charge is 0.302 e. The van der Waals surface area contributed by atoms with Gasteiger partial charge in [-0.3, -0.25) is 4.79 Å². The quantitative estimate of drug-likeness (QED) is 0.0289. The molecule has 12 bridgehead atoms. The highest BCUT2D eigenvalue weighted by molar-refractivity contribution is 8.77. The Labute approximate surface area is 601 Å². The lowest BCUT2D eigenvalue weighted by Crippen LogP contribution is -2.52. The Kier molecular flexibility index (Phi) is 18.4. The fraction of sp³-hybridized carbons (Fsp3) is 0.512. The summed E-state index contributed by atoms with van der Waals surface area (Å²) in [5, 5.41) is 74.5. The van der Waals surface area contributed by atoms with Crippen LogP contribution >= 0.6 is 21.6 Å². The van der Waals surface area contributed by atoms with Gasteiger partial charge >= 0.3 is 5.97 Å². The van der Waals surface area contributed by atoms with E-state index in [1.54, 1.807) is 13.2 Å². The number of methoxy groups -OCH3 is 1. The number of phenols is 2. The number of ether oxygens (including phenoxy) is 5. The third-order valence-electron chi connectivity index (χ3n) is 25.6. The van der Waals surface area contributed by atoms with Crippen molar-refractivity contribution in [3.8, 4) is 63.6 Å². The Morgan fingerprint density at radius 2 is 1.75 bits per heavy atom. The number of hydrogen-bond acceptors (Lipinski definition) is 17. The summed E-state index contributed by atoms with van der Waals surface area (Å²) >= 11 is 0. The number of fused-ring (bicyclic) bond motifs is 16. The SMILES string of the molecule is COCC1C2C#CC3C#CC4=C(C=CC(N)N4)C4C5CCC6(Cc7cc(O)cc(OCO)c7-c7ccc8c(c76)OC(c6c7c(c(O)c(c63)CNC(CCCc3ccc(cc3C2)C42CCCCC2O)C1CO)OC1C(C=C7)NC2CCCC(CSSC1Cc1ccccc1)C2)C8COC(C)=O)C5. The first-order valence-electron chi connectivity index (χ1n) is 37.3. The lowest BCUT2D eigenvalue weighted by molar-refractivity contribution is -0.141. The van der Waals surface area contributed by atoms with Gasteiger partial charge in [0.15, 0.2) is 18.3 Å². The highest BCUT2D eigenvalue weighted by Gasteiger charge is 2.59. The maximum atomic E-state index is 14.3. The van der Waals surface area contributed by atoms with Crippen LogP contribution in [0.4, 0.5) is 0 Å². The van der Waals surface area contributed by atoms with Gasteiger partial charge in [0, 0.05) is 119 Å².